The molecule has 216 valence electrons. The maximum Gasteiger partial charge on any atom is 0.269 e. The van der Waals surface area contributed by atoms with Gasteiger partial charge in [0.25, 0.3) is 11.8 Å². The molecule has 0 saturated heterocycles. The average molecular weight is 568 g/mol. The Bertz CT molecular complexity index is 1780. The van der Waals surface area contributed by atoms with Crippen molar-refractivity contribution in [1.29, 1.82) is 0 Å². The van der Waals surface area contributed by atoms with Gasteiger partial charge in [-0.3, -0.25) is 19.2 Å². The first-order valence-electron chi connectivity index (χ1n) is 14.1. The van der Waals surface area contributed by atoms with Gasteiger partial charge >= 0.3 is 0 Å². The number of hydrogen-bond donors (Lipinski definition) is 1. The van der Waals surface area contributed by atoms with E-state index in [0.717, 1.165) is 34.8 Å². The number of nitrogens with two attached hydrogens (primary N) is 1. The highest BCUT2D eigenvalue weighted by Gasteiger charge is 2.44. The molecule has 42 heavy (non-hydrogen) atoms. The average Bonchev–Trinajstić information content (AvgIpc) is 3.58. The number of nitrogens with zero attached hydrogens (tertiary/aromatic N) is 4. The molecule has 4 aromatic rings. The summed E-state index contributed by atoms with van der Waals surface area (Å²) in [6.07, 6.45) is 3.91. The van der Waals surface area contributed by atoms with Crippen molar-refractivity contribution >= 4 is 56.6 Å². The molecule has 2 aromatic heterocycles. The molecule has 0 saturated carbocycles. The molecule has 0 aliphatic carbocycles. The Balaban J connectivity index is 1.59. The first kappa shape index (κ1) is 27.6. The Morgan fingerprint density at radius 2 is 1.40 bits per heavy atom. The molecule has 0 spiro atoms. The number of primary amides is 1. The van der Waals surface area contributed by atoms with Crippen LogP contribution in [0, 0.1) is 0 Å². The zero-order valence-electron chi connectivity index (χ0n) is 23.7. The van der Waals surface area contributed by atoms with E-state index in [-0.39, 0.29) is 30.1 Å². The largest absolute Gasteiger partial charge is 0.375 e. The normalized spacial score (nSPS) is 17.8. The Labute approximate surface area is 242 Å². The Kier molecular flexibility index (Phi) is 7.26. The molecule has 1 atom stereocenters. The molecule has 0 unspecified atom stereocenters. The second-order valence-corrected chi connectivity index (χ2v) is 11.1. The van der Waals surface area contributed by atoms with Crippen LogP contribution in [0.15, 0.2) is 60.9 Å². The smallest absolute Gasteiger partial charge is 0.269 e. The van der Waals surface area contributed by atoms with Crippen LogP contribution in [0.1, 0.15) is 30.4 Å². The van der Waals surface area contributed by atoms with Gasteiger partial charge in [-0.05, 0) is 32.6 Å². The fourth-order valence-corrected chi connectivity index (χ4v) is 6.10. The van der Waals surface area contributed by atoms with Crippen LogP contribution in [0.4, 0.5) is 0 Å². The standard InChI is InChI=1S/C32H33N5O5/c1-34(2)17-20-13-14-35-18-23(21-7-3-5-9-25(21)35)29-30(32(41)37(31(29)40)28(39)12-11-27(33)38)24-19-36(15-16-42-20)26-10-6-4-8-22(24)26/h3-10,18-20H,11-17H2,1-2H3,(H2,33,38)/t20-/m1/s1. The van der Waals surface area contributed by atoms with Gasteiger partial charge in [0.15, 0.2) is 0 Å². The molecule has 10 nitrogen and oxygen atoms in total. The van der Waals surface area contributed by atoms with Crippen molar-refractivity contribution in [3.63, 3.8) is 0 Å². The lowest BCUT2D eigenvalue weighted by Crippen LogP contribution is -2.38. The van der Waals surface area contributed by atoms with Gasteiger partial charge in [-0.1, -0.05) is 36.4 Å². The van der Waals surface area contributed by atoms with Crippen LogP contribution >= 0.6 is 0 Å². The maximum atomic E-state index is 14.1. The van der Waals surface area contributed by atoms with Gasteiger partial charge in [-0.2, -0.15) is 0 Å². The van der Waals surface area contributed by atoms with E-state index in [0.29, 0.717) is 35.7 Å². The third kappa shape index (κ3) is 4.82. The molecule has 4 heterocycles. The molecule has 0 radical (unpaired) electrons. The van der Waals surface area contributed by atoms with Crippen LogP contribution in [0.3, 0.4) is 0 Å². The van der Waals surface area contributed by atoms with E-state index >= 15 is 0 Å². The summed E-state index contributed by atoms with van der Waals surface area (Å²) in [5.41, 5.74) is 8.59. The molecular weight excluding hydrogens is 534 g/mol. The summed E-state index contributed by atoms with van der Waals surface area (Å²) in [5.74, 6) is -2.81. The van der Waals surface area contributed by atoms with E-state index < -0.39 is 23.6 Å². The van der Waals surface area contributed by atoms with E-state index in [1.54, 1.807) is 0 Å². The lowest BCUT2D eigenvalue weighted by molar-refractivity contribution is -0.148. The summed E-state index contributed by atoms with van der Waals surface area (Å²) >= 11 is 0. The van der Waals surface area contributed by atoms with Gasteiger partial charge in [0.2, 0.25) is 11.8 Å². The third-order valence-corrected chi connectivity index (χ3v) is 7.98. The van der Waals surface area contributed by atoms with Crippen LogP contribution in [0.5, 0.6) is 0 Å². The van der Waals surface area contributed by atoms with Crippen molar-refractivity contribution in [2.24, 2.45) is 5.73 Å². The van der Waals surface area contributed by atoms with Crippen molar-refractivity contribution in [1.82, 2.24) is 18.9 Å². The summed E-state index contributed by atoms with van der Waals surface area (Å²) in [4.78, 5) is 55.6. The number of carbonyl (C=O) groups excluding carboxylic acids is 4. The zero-order chi connectivity index (χ0) is 29.5. The number of aromatic nitrogens is 2. The van der Waals surface area contributed by atoms with Crippen LogP contribution in [-0.4, -0.2) is 75.9 Å². The van der Waals surface area contributed by atoms with Crippen molar-refractivity contribution in [3.05, 3.63) is 72.1 Å². The minimum Gasteiger partial charge on any atom is -0.375 e. The number of hydrogen-bond acceptors (Lipinski definition) is 6. The van der Waals surface area contributed by atoms with Gasteiger partial charge in [-0.25, -0.2) is 4.90 Å². The third-order valence-electron chi connectivity index (χ3n) is 7.98. The summed E-state index contributed by atoms with van der Waals surface area (Å²) in [5, 5.41) is 1.60. The Morgan fingerprint density at radius 3 is 1.95 bits per heavy atom. The SMILES string of the molecule is CN(C)C[C@H]1CCn2cc(c3ccccc32)C2=C(C(=O)N(C(=O)CCC(N)=O)C2=O)c2cn(c3ccccc23)CCO1. The van der Waals surface area contributed by atoms with Crippen molar-refractivity contribution < 1.29 is 23.9 Å². The fraction of sp³-hybridized carbons (Fsp3) is 0.312. The number of benzene rings is 2. The number of carbonyl (C=O) groups is 4. The molecule has 2 aliphatic heterocycles. The van der Waals surface area contributed by atoms with Crippen LogP contribution in [-0.2, 0) is 37.0 Å². The van der Waals surface area contributed by atoms with Gasteiger partial charge in [0.1, 0.15) is 0 Å². The molecule has 10 heteroatoms. The molecule has 2 aliphatic rings. The zero-order valence-corrected chi connectivity index (χ0v) is 23.7. The number of imide groups is 3. The minimum absolute atomic E-state index is 0.0170. The molecule has 4 amide bonds. The number of para-hydroxylation sites is 2. The number of ether oxygens (including phenoxy) is 1. The molecule has 2 N–H and O–H groups in total. The predicted molar refractivity (Wildman–Crippen MR) is 159 cm³/mol. The maximum absolute atomic E-state index is 14.1. The van der Waals surface area contributed by atoms with Crippen molar-refractivity contribution in [2.75, 3.05) is 27.2 Å². The number of aryl methyl sites for hydroxylation is 1. The minimum atomic E-state index is -0.748. The van der Waals surface area contributed by atoms with Crippen LogP contribution < -0.4 is 5.73 Å². The summed E-state index contributed by atoms with van der Waals surface area (Å²) in [7, 11) is 4.05. The number of fused-ring (bicyclic) bond motifs is 12. The number of rotatable bonds is 5. The highest BCUT2D eigenvalue weighted by molar-refractivity contribution is 6.53. The summed E-state index contributed by atoms with van der Waals surface area (Å²) < 4.78 is 10.5. The molecule has 6 rings (SSSR count). The van der Waals surface area contributed by atoms with Crippen LogP contribution in [0.2, 0.25) is 0 Å². The topological polar surface area (TPSA) is 120 Å². The first-order chi connectivity index (χ1) is 20.2. The van der Waals surface area contributed by atoms with Gasteiger partial charge in [0, 0.05) is 77.8 Å². The first-order valence-corrected chi connectivity index (χ1v) is 14.1. The van der Waals surface area contributed by atoms with Crippen molar-refractivity contribution in [2.45, 2.75) is 38.5 Å². The number of likely N-dealkylation sites (N-methyl/N-ethyl adjacent to an activating group) is 1. The van der Waals surface area contributed by atoms with Crippen molar-refractivity contribution in [3.8, 4) is 0 Å². The highest BCUT2D eigenvalue weighted by atomic mass is 16.5. The fourth-order valence-electron chi connectivity index (χ4n) is 6.10. The van der Waals surface area contributed by atoms with Gasteiger partial charge < -0.3 is 24.5 Å². The second-order valence-electron chi connectivity index (χ2n) is 11.1. The molecular formula is C32H33N5O5. The monoisotopic (exact) mass is 567 g/mol. The molecule has 4 bridgehead atoms. The van der Waals surface area contributed by atoms with E-state index in [9.17, 15) is 19.2 Å². The van der Waals surface area contributed by atoms with E-state index in [4.69, 9.17) is 10.5 Å². The van der Waals surface area contributed by atoms with E-state index in [2.05, 4.69) is 9.47 Å². The van der Waals surface area contributed by atoms with E-state index in [1.807, 2.05) is 79.6 Å². The Morgan fingerprint density at radius 1 is 0.857 bits per heavy atom. The molecule has 0 fully saturated rings. The summed E-state index contributed by atoms with van der Waals surface area (Å²) in [6.45, 7) is 2.40. The number of amides is 4. The predicted octanol–water partition coefficient (Wildman–Crippen LogP) is 3.02. The Hall–Kier alpha value is -4.54. The van der Waals surface area contributed by atoms with Crippen LogP contribution in [0.25, 0.3) is 33.0 Å². The highest BCUT2D eigenvalue weighted by Crippen LogP contribution is 2.42. The summed E-state index contributed by atoms with van der Waals surface area (Å²) in [6, 6.07) is 15.4. The van der Waals surface area contributed by atoms with Gasteiger partial charge in [-0.15, -0.1) is 0 Å². The second kappa shape index (κ2) is 11.0. The van der Waals surface area contributed by atoms with E-state index in [1.165, 1.54) is 0 Å². The quantitative estimate of drug-likeness (QED) is 0.370. The lowest BCUT2D eigenvalue weighted by atomic mass is 9.95. The lowest BCUT2D eigenvalue weighted by Gasteiger charge is -2.22. The molecule has 2 aromatic carbocycles. The van der Waals surface area contributed by atoms with Gasteiger partial charge in [0.05, 0.1) is 23.9 Å².